The minimum absolute atomic E-state index is 0.398. The minimum Gasteiger partial charge on any atom is -0.465 e. The highest BCUT2D eigenvalue weighted by Crippen LogP contribution is 2.22. The summed E-state index contributed by atoms with van der Waals surface area (Å²) in [4.78, 5) is 24.3. The van der Waals surface area contributed by atoms with Crippen molar-refractivity contribution in [1.29, 1.82) is 0 Å². The van der Waals surface area contributed by atoms with Gasteiger partial charge in [0.2, 0.25) is 0 Å². The van der Waals surface area contributed by atoms with Crippen molar-refractivity contribution in [3.05, 3.63) is 60.3 Å². The standard InChI is InChI=1S/C16H14N4O2/c1-22-16(21)12-8-11-4-2-5-13(15(11)20-9-12)19-10-14-17-6-3-7-18-14/h2-9,19H,10H2,1H3. The molecule has 0 saturated heterocycles. The molecule has 0 unspecified atom stereocenters. The van der Waals surface area contributed by atoms with Crippen molar-refractivity contribution in [3.63, 3.8) is 0 Å². The maximum Gasteiger partial charge on any atom is 0.339 e. The lowest BCUT2D eigenvalue weighted by molar-refractivity contribution is 0.0600. The number of ether oxygens (including phenoxy) is 1. The third-order valence-electron chi connectivity index (χ3n) is 3.19. The molecule has 22 heavy (non-hydrogen) atoms. The van der Waals surface area contributed by atoms with Gasteiger partial charge in [-0.2, -0.15) is 0 Å². The molecule has 0 saturated carbocycles. The van der Waals surface area contributed by atoms with Gasteiger partial charge in [0.15, 0.2) is 0 Å². The summed E-state index contributed by atoms with van der Waals surface area (Å²) in [6, 6.07) is 9.27. The summed E-state index contributed by atoms with van der Waals surface area (Å²) in [6.07, 6.45) is 4.92. The fourth-order valence-corrected chi connectivity index (χ4v) is 2.13. The summed E-state index contributed by atoms with van der Waals surface area (Å²) < 4.78 is 4.71. The van der Waals surface area contributed by atoms with E-state index in [0.717, 1.165) is 16.6 Å². The molecule has 2 aromatic heterocycles. The zero-order valence-electron chi connectivity index (χ0n) is 12.0. The second-order valence-electron chi connectivity index (χ2n) is 4.61. The number of nitrogens with zero attached hydrogens (tertiary/aromatic N) is 3. The van der Waals surface area contributed by atoms with Crippen LogP contribution in [0.2, 0.25) is 0 Å². The van der Waals surface area contributed by atoms with Gasteiger partial charge in [-0.25, -0.2) is 14.8 Å². The van der Waals surface area contributed by atoms with E-state index in [-0.39, 0.29) is 0 Å². The van der Waals surface area contributed by atoms with Crippen molar-refractivity contribution in [2.24, 2.45) is 0 Å². The Hall–Kier alpha value is -3.02. The predicted molar refractivity (Wildman–Crippen MR) is 82.4 cm³/mol. The Balaban J connectivity index is 1.88. The number of carbonyl (C=O) groups excluding carboxylic acids is 1. The number of hydrogen-bond acceptors (Lipinski definition) is 6. The molecule has 0 aliphatic heterocycles. The molecular weight excluding hydrogens is 280 g/mol. The second kappa shape index (κ2) is 6.17. The van der Waals surface area contributed by atoms with E-state index in [9.17, 15) is 4.79 Å². The lowest BCUT2D eigenvalue weighted by Gasteiger charge is -2.09. The van der Waals surface area contributed by atoms with E-state index in [2.05, 4.69) is 20.3 Å². The first-order valence-corrected chi connectivity index (χ1v) is 6.75. The van der Waals surface area contributed by atoms with Crippen molar-refractivity contribution in [2.45, 2.75) is 6.54 Å². The molecule has 3 rings (SSSR count). The number of fused-ring (bicyclic) bond motifs is 1. The number of carbonyl (C=O) groups is 1. The highest BCUT2D eigenvalue weighted by atomic mass is 16.5. The van der Waals surface area contributed by atoms with E-state index >= 15 is 0 Å². The molecule has 110 valence electrons. The number of aromatic nitrogens is 3. The van der Waals surface area contributed by atoms with Gasteiger partial charge in [0.1, 0.15) is 5.82 Å². The first kappa shape index (κ1) is 13.9. The Morgan fingerprint density at radius 3 is 2.77 bits per heavy atom. The van der Waals surface area contributed by atoms with Crippen LogP contribution in [0.25, 0.3) is 10.9 Å². The van der Waals surface area contributed by atoms with E-state index in [1.165, 1.54) is 13.3 Å². The molecule has 6 nitrogen and oxygen atoms in total. The quantitative estimate of drug-likeness (QED) is 0.745. The molecule has 0 amide bonds. The van der Waals surface area contributed by atoms with E-state index in [1.807, 2.05) is 18.2 Å². The molecule has 6 heteroatoms. The van der Waals surface area contributed by atoms with Crippen LogP contribution >= 0.6 is 0 Å². The third-order valence-corrected chi connectivity index (χ3v) is 3.19. The molecule has 0 fully saturated rings. The Morgan fingerprint density at radius 1 is 1.18 bits per heavy atom. The number of para-hydroxylation sites is 1. The van der Waals surface area contributed by atoms with Crippen LogP contribution in [0, 0.1) is 0 Å². The van der Waals surface area contributed by atoms with Crippen LogP contribution < -0.4 is 5.32 Å². The van der Waals surface area contributed by atoms with Gasteiger partial charge in [0.25, 0.3) is 0 Å². The van der Waals surface area contributed by atoms with E-state index in [1.54, 1.807) is 24.5 Å². The Morgan fingerprint density at radius 2 is 2.00 bits per heavy atom. The molecule has 0 aliphatic carbocycles. The van der Waals surface area contributed by atoms with Crippen LogP contribution in [0.15, 0.2) is 48.9 Å². The van der Waals surface area contributed by atoms with Crippen LogP contribution in [0.1, 0.15) is 16.2 Å². The molecule has 2 heterocycles. The van der Waals surface area contributed by atoms with Crippen molar-refractivity contribution < 1.29 is 9.53 Å². The number of esters is 1. The van der Waals surface area contributed by atoms with Gasteiger partial charge in [-0.15, -0.1) is 0 Å². The second-order valence-corrected chi connectivity index (χ2v) is 4.61. The Bertz CT molecular complexity index is 806. The number of rotatable bonds is 4. The molecule has 0 bridgehead atoms. The lowest BCUT2D eigenvalue weighted by Crippen LogP contribution is -2.05. The highest BCUT2D eigenvalue weighted by Gasteiger charge is 2.09. The van der Waals surface area contributed by atoms with Gasteiger partial charge in [-0.05, 0) is 18.2 Å². The Kier molecular flexibility index (Phi) is 3.91. The Labute approximate surface area is 127 Å². The third kappa shape index (κ3) is 2.85. The molecule has 0 atom stereocenters. The van der Waals surface area contributed by atoms with Crippen molar-refractivity contribution >= 4 is 22.6 Å². The van der Waals surface area contributed by atoms with Gasteiger partial charge in [0, 0.05) is 24.0 Å². The van der Waals surface area contributed by atoms with E-state index in [0.29, 0.717) is 17.9 Å². The van der Waals surface area contributed by atoms with Gasteiger partial charge in [0.05, 0.1) is 30.4 Å². The lowest BCUT2D eigenvalue weighted by atomic mass is 10.1. The van der Waals surface area contributed by atoms with Crippen LogP contribution in [0.4, 0.5) is 5.69 Å². The molecule has 0 aliphatic rings. The van der Waals surface area contributed by atoms with Crippen molar-refractivity contribution in [2.75, 3.05) is 12.4 Å². The van der Waals surface area contributed by atoms with Crippen LogP contribution in [-0.4, -0.2) is 28.0 Å². The van der Waals surface area contributed by atoms with Crippen LogP contribution in [0.3, 0.4) is 0 Å². The van der Waals surface area contributed by atoms with Crippen LogP contribution in [0.5, 0.6) is 0 Å². The van der Waals surface area contributed by atoms with Gasteiger partial charge >= 0.3 is 5.97 Å². The first-order valence-electron chi connectivity index (χ1n) is 6.75. The largest absolute Gasteiger partial charge is 0.465 e. The number of anilines is 1. The minimum atomic E-state index is -0.398. The summed E-state index contributed by atoms with van der Waals surface area (Å²) in [6.45, 7) is 0.500. The summed E-state index contributed by atoms with van der Waals surface area (Å²) >= 11 is 0. The monoisotopic (exact) mass is 294 g/mol. The van der Waals surface area contributed by atoms with Crippen molar-refractivity contribution in [3.8, 4) is 0 Å². The average molecular weight is 294 g/mol. The number of benzene rings is 1. The van der Waals surface area contributed by atoms with Crippen LogP contribution in [-0.2, 0) is 11.3 Å². The highest BCUT2D eigenvalue weighted by molar-refractivity contribution is 5.97. The zero-order chi connectivity index (χ0) is 15.4. The van der Waals surface area contributed by atoms with E-state index < -0.39 is 5.97 Å². The molecule has 0 radical (unpaired) electrons. The van der Waals surface area contributed by atoms with Gasteiger partial charge in [-0.1, -0.05) is 12.1 Å². The summed E-state index contributed by atoms with van der Waals surface area (Å²) in [5.74, 6) is 0.302. The molecule has 3 aromatic rings. The molecular formula is C16H14N4O2. The number of nitrogens with one attached hydrogen (secondary N) is 1. The SMILES string of the molecule is COC(=O)c1cnc2c(NCc3ncccn3)cccc2c1. The predicted octanol–water partition coefficient (Wildman–Crippen LogP) is 2.42. The van der Waals surface area contributed by atoms with Gasteiger partial charge in [-0.3, -0.25) is 4.98 Å². The number of pyridine rings is 1. The first-order chi connectivity index (χ1) is 10.8. The number of hydrogen-bond donors (Lipinski definition) is 1. The zero-order valence-corrected chi connectivity index (χ0v) is 12.0. The maximum atomic E-state index is 11.6. The smallest absolute Gasteiger partial charge is 0.339 e. The van der Waals surface area contributed by atoms with Gasteiger partial charge < -0.3 is 10.1 Å². The fraction of sp³-hybridized carbons (Fsp3) is 0.125. The van der Waals surface area contributed by atoms with E-state index in [4.69, 9.17) is 4.74 Å². The topological polar surface area (TPSA) is 77.0 Å². The summed E-state index contributed by atoms with van der Waals surface area (Å²) in [5.41, 5.74) is 2.07. The maximum absolute atomic E-state index is 11.6. The van der Waals surface area contributed by atoms with Crippen molar-refractivity contribution in [1.82, 2.24) is 15.0 Å². The number of methoxy groups -OCH3 is 1. The fourth-order valence-electron chi connectivity index (χ4n) is 2.13. The summed E-state index contributed by atoms with van der Waals surface area (Å²) in [5, 5.41) is 4.13. The normalized spacial score (nSPS) is 10.4. The summed E-state index contributed by atoms with van der Waals surface area (Å²) in [7, 11) is 1.35. The molecule has 0 spiro atoms. The average Bonchev–Trinajstić information content (AvgIpc) is 2.59. The molecule has 1 N–H and O–H groups in total. The molecule has 1 aromatic carbocycles.